The van der Waals surface area contributed by atoms with E-state index >= 15 is 0 Å². The van der Waals surface area contributed by atoms with E-state index in [4.69, 9.17) is 10.5 Å². The highest BCUT2D eigenvalue weighted by molar-refractivity contribution is 5.18. The second-order valence-corrected chi connectivity index (χ2v) is 4.20. The monoisotopic (exact) mass is 242 g/mol. The highest BCUT2D eigenvalue weighted by Crippen LogP contribution is 2.14. The van der Waals surface area contributed by atoms with Crippen LogP contribution < -0.4 is 5.73 Å². The third-order valence-corrected chi connectivity index (χ3v) is 2.89. The zero-order chi connectivity index (χ0) is 12.3. The normalized spacial score (nSPS) is 21.7. The molecule has 2 N–H and O–H groups in total. The fraction of sp³-hybridized carbons (Fsp3) is 0.500. The molecule has 2 rings (SSSR count). The molecule has 0 aliphatic carbocycles. The van der Waals surface area contributed by atoms with Crippen LogP contribution in [0, 0.1) is 11.6 Å². The van der Waals surface area contributed by atoms with Gasteiger partial charge in [-0.25, -0.2) is 8.78 Å². The van der Waals surface area contributed by atoms with Gasteiger partial charge in [0.1, 0.15) is 11.6 Å². The van der Waals surface area contributed by atoms with Gasteiger partial charge in [0.25, 0.3) is 0 Å². The van der Waals surface area contributed by atoms with E-state index in [1.54, 1.807) is 0 Å². The topological polar surface area (TPSA) is 38.5 Å². The minimum absolute atomic E-state index is 0.0135. The first-order chi connectivity index (χ1) is 8.19. The molecular formula is C12H16F2N2O. The summed E-state index contributed by atoms with van der Waals surface area (Å²) in [5.74, 6) is -0.785. The summed E-state index contributed by atoms with van der Waals surface area (Å²) < 4.78 is 31.9. The second-order valence-electron chi connectivity index (χ2n) is 4.20. The number of ether oxygens (including phenoxy) is 1. The molecule has 17 heavy (non-hydrogen) atoms. The Bertz CT molecular complexity index is 387. The van der Waals surface area contributed by atoms with Crippen molar-refractivity contribution < 1.29 is 13.5 Å². The smallest absolute Gasteiger partial charge is 0.127 e. The summed E-state index contributed by atoms with van der Waals surface area (Å²) in [5.41, 5.74) is 5.90. The first-order valence-electron chi connectivity index (χ1n) is 5.67. The molecule has 1 fully saturated rings. The van der Waals surface area contributed by atoms with Crippen molar-refractivity contribution in [1.29, 1.82) is 0 Å². The molecule has 1 aromatic carbocycles. The molecule has 1 aliphatic rings. The van der Waals surface area contributed by atoms with E-state index in [1.165, 1.54) is 6.07 Å². The predicted octanol–water partition coefficient (Wildman–Crippen LogP) is 1.12. The lowest BCUT2D eigenvalue weighted by Crippen LogP contribution is -2.45. The van der Waals surface area contributed by atoms with Gasteiger partial charge in [0, 0.05) is 31.7 Å². The van der Waals surface area contributed by atoms with Crippen LogP contribution in [0.15, 0.2) is 18.2 Å². The van der Waals surface area contributed by atoms with Gasteiger partial charge in [-0.2, -0.15) is 0 Å². The summed E-state index contributed by atoms with van der Waals surface area (Å²) in [6.07, 6.45) is -0.0135. The molecule has 1 atom stereocenters. The van der Waals surface area contributed by atoms with E-state index in [0.717, 1.165) is 12.1 Å². The maximum absolute atomic E-state index is 13.5. The van der Waals surface area contributed by atoms with Gasteiger partial charge in [-0.15, -0.1) is 0 Å². The van der Waals surface area contributed by atoms with Crippen molar-refractivity contribution in [3.05, 3.63) is 35.4 Å². The summed E-state index contributed by atoms with van der Waals surface area (Å²) in [4.78, 5) is 2.03. The minimum atomic E-state index is -0.412. The van der Waals surface area contributed by atoms with Gasteiger partial charge in [0.05, 0.1) is 12.7 Å². The summed E-state index contributed by atoms with van der Waals surface area (Å²) in [6, 6.07) is 3.52. The lowest BCUT2D eigenvalue weighted by molar-refractivity contribution is -0.0263. The molecule has 5 heteroatoms. The van der Waals surface area contributed by atoms with Crippen LogP contribution in [-0.2, 0) is 11.3 Å². The van der Waals surface area contributed by atoms with Crippen molar-refractivity contribution >= 4 is 0 Å². The van der Waals surface area contributed by atoms with Crippen molar-refractivity contribution in [2.75, 3.05) is 26.2 Å². The third-order valence-electron chi connectivity index (χ3n) is 2.89. The van der Waals surface area contributed by atoms with Gasteiger partial charge in [0.2, 0.25) is 0 Å². The molecule has 0 bridgehead atoms. The SMILES string of the molecule is NCC1CN(Cc2cc(F)ccc2F)CCO1. The molecule has 94 valence electrons. The van der Waals surface area contributed by atoms with Gasteiger partial charge in [-0.05, 0) is 18.2 Å². The van der Waals surface area contributed by atoms with Crippen molar-refractivity contribution in [2.24, 2.45) is 5.73 Å². The molecule has 3 nitrogen and oxygen atoms in total. The molecular weight excluding hydrogens is 226 g/mol. The van der Waals surface area contributed by atoms with E-state index < -0.39 is 5.82 Å². The molecule has 1 saturated heterocycles. The maximum Gasteiger partial charge on any atom is 0.127 e. The molecule has 0 amide bonds. The number of rotatable bonds is 3. The van der Waals surface area contributed by atoms with E-state index in [-0.39, 0.29) is 11.9 Å². The van der Waals surface area contributed by atoms with Gasteiger partial charge < -0.3 is 10.5 Å². The predicted molar refractivity (Wildman–Crippen MR) is 60.4 cm³/mol. The van der Waals surface area contributed by atoms with E-state index in [1.807, 2.05) is 4.90 Å². The average molecular weight is 242 g/mol. The Morgan fingerprint density at radius 3 is 3.00 bits per heavy atom. The molecule has 1 aliphatic heterocycles. The Balaban J connectivity index is 2.02. The fourth-order valence-electron chi connectivity index (χ4n) is 1.97. The Hall–Kier alpha value is -1.04. The van der Waals surface area contributed by atoms with Crippen LogP contribution in [0.3, 0.4) is 0 Å². The fourth-order valence-corrected chi connectivity index (χ4v) is 1.97. The van der Waals surface area contributed by atoms with Crippen LogP contribution in [0.4, 0.5) is 8.78 Å². The van der Waals surface area contributed by atoms with Crippen LogP contribution in [0.25, 0.3) is 0 Å². The lowest BCUT2D eigenvalue weighted by atomic mass is 10.1. The number of morpholine rings is 1. The highest BCUT2D eigenvalue weighted by Gasteiger charge is 2.20. The average Bonchev–Trinajstić information content (AvgIpc) is 2.34. The molecule has 0 aromatic heterocycles. The van der Waals surface area contributed by atoms with Crippen LogP contribution in [0.2, 0.25) is 0 Å². The third kappa shape index (κ3) is 3.21. The van der Waals surface area contributed by atoms with Gasteiger partial charge in [-0.3, -0.25) is 4.90 Å². The first-order valence-corrected chi connectivity index (χ1v) is 5.67. The Morgan fingerprint density at radius 1 is 1.41 bits per heavy atom. The summed E-state index contributed by atoms with van der Waals surface area (Å²) in [6.45, 7) is 2.79. The first kappa shape index (κ1) is 12.4. The zero-order valence-electron chi connectivity index (χ0n) is 9.53. The molecule has 1 aromatic rings. The lowest BCUT2D eigenvalue weighted by Gasteiger charge is -2.32. The van der Waals surface area contributed by atoms with Crippen molar-refractivity contribution in [1.82, 2.24) is 4.90 Å². The van der Waals surface area contributed by atoms with Crippen LogP contribution >= 0.6 is 0 Å². The second kappa shape index (κ2) is 5.53. The zero-order valence-corrected chi connectivity index (χ0v) is 9.53. The van der Waals surface area contributed by atoms with Crippen molar-refractivity contribution in [3.8, 4) is 0 Å². The molecule has 0 spiro atoms. The quantitative estimate of drug-likeness (QED) is 0.863. The number of nitrogens with zero attached hydrogens (tertiary/aromatic N) is 1. The summed E-state index contributed by atoms with van der Waals surface area (Å²) in [7, 11) is 0. The Labute approximate surface area is 99.2 Å². The largest absolute Gasteiger partial charge is 0.374 e. The molecule has 0 radical (unpaired) electrons. The Kier molecular flexibility index (Phi) is 4.04. The number of nitrogens with two attached hydrogens (primary N) is 1. The molecule has 1 heterocycles. The summed E-state index contributed by atoms with van der Waals surface area (Å²) >= 11 is 0. The summed E-state index contributed by atoms with van der Waals surface area (Å²) in [5, 5.41) is 0. The van der Waals surface area contributed by atoms with Gasteiger partial charge in [0.15, 0.2) is 0 Å². The number of hydrogen-bond acceptors (Lipinski definition) is 3. The number of benzene rings is 1. The Morgan fingerprint density at radius 2 is 2.24 bits per heavy atom. The van der Waals surface area contributed by atoms with Crippen LogP contribution in [-0.4, -0.2) is 37.2 Å². The molecule has 0 saturated carbocycles. The van der Waals surface area contributed by atoms with E-state index in [0.29, 0.717) is 38.3 Å². The van der Waals surface area contributed by atoms with Crippen LogP contribution in [0.5, 0.6) is 0 Å². The van der Waals surface area contributed by atoms with Gasteiger partial charge >= 0.3 is 0 Å². The highest BCUT2D eigenvalue weighted by atomic mass is 19.1. The van der Waals surface area contributed by atoms with Crippen molar-refractivity contribution in [3.63, 3.8) is 0 Å². The van der Waals surface area contributed by atoms with E-state index in [2.05, 4.69) is 0 Å². The van der Waals surface area contributed by atoms with Crippen molar-refractivity contribution in [2.45, 2.75) is 12.6 Å². The molecule has 1 unspecified atom stereocenters. The minimum Gasteiger partial charge on any atom is -0.374 e. The van der Waals surface area contributed by atoms with E-state index in [9.17, 15) is 8.78 Å². The van der Waals surface area contributed by atoms with Gasteiger partial charge in [-0.1, -0.05) is 0 Å². The standard InChI is InChI=1S/C12H16F2N2O/c13-10-1-2-12(14)9(5-10)7-16-3-4-17-11(6-15)8-16/h1-2,5,11H,3-4,6-8,15H2. The van der Waals surface area contributed by atoms with Crippen LogP contribution in [0.1, 0.15) is 5.56 Å². The number of hydrogen-bond donors (Lipinski definition) is 1. The number of halogens is 2. The maximum atomic E-state index is 13.5.